The van der Waals surface area contributed by atoms with Crippen LogP contribution in [0.4, 0.5) is 10.5 Å². The highest BCUT2D eigenvalue weighted by Gasteiger charge is 2.23. The van der Waals surface area contributed by atoms with Gasteiger partial charge >= 0.3 is 6.03 Å². The van der Waals surface area contributed by atoms with E-state index in [1.54, 1.807) is 0 Å². The second kappa shape index (κ2) is 6.15. The van der Waals surface area contributed by atoms with Crippen molar-refractivity contribution in [3.05, 3.63) is 29.8 Å². The number of urea groups is 1. The maximum atomic E-state index is 12.3. The molecule has 112 valence electrons. The fraction of sp³-hybridized carbons (Fsp3) is 0.500. The second-order valence-electron chi connectivity index (χ2n) is 5.99. The Morgan fingerprint density at radius 1 is 1.43 bits per heavy atom. The minimum Gasteiger partial charge on any atom is -0.319 e. The van der Waals surface area contributed by atoms with E-state index >= 15 is 0 Å². The Bertz CT molecular complexity index is 544. The molecule has 1 unspecified atom stereocenters. The first kappa shape index (κ1) is 15.3. The molecule has 0 aromatic heterocycles. The van der Waals surface area contributed by atoms with Gasteiger partial charge in [0.1, 0.15) is 0 Å². The van der Waals surface area contributed by atoms with E-state index in [9.17, 15) is 4.79 Å². The predicted molar refractivity (Wildman–Crippen MR) is 83.1 cm³/mol. The molecule has 0 aliphatic carbocycles. The van der Waals surface area contributed by atoms with Crippen LogP contribution in [-0.4, -0.2) is 36.6 Å². The van der Waals surface area contributed by atoms with Crippen LogP contribution in [0.15, 0.2) is 24.3 Å². The van der Waals surface area contributed by atoms with E-state index in [1.807, 2.05) is 49.9 Å². The van der Waals surface area contributed by atoms with Gasteiger partial charge in [0.15, 0.2) is 0 Å². The zero-order valence-corrected chi connectivity index (χ0v) is 12.8. The normalized spacial score (nSPS) is 19.0. The second-order valence-corrected chi connectivity index (χ2v) is 5.99. The monoisotopic (exact) mass is 286 g/mol. The Morgan fingerprint density at radius 2 is 2.10 bits per heavy atom. The summed E-state index contributed by atoms with van der Waals surface area (Å²) in [7, 11) is 0. The molecular formula is C16H22N4O. The van der Waals surface area contributed by atoms with Crippen molar-refractivity contribution in [3.8, 4) is 6.07 Å². The van der Waals surface area contributed by atoms with Crippen LogP contribution in [0.2, 0.25) is 0 Å². The molecule has 1 heterocycles. The van der Waals surface area contributed by atoms with E-state index in [-0.39, 0.29) is 12.1 Å². The number of nitrogens with one attached hydrogen (secondary N) is 2. The van der Waals surface area contributed by atoms with Gasteiger partial charge in [-0.2, -0.15) is 5.26 Å². The summed E-state index contributed by atoms with van der Waals surface area (Å²) in [6.45, 7) is 8.15. The summed E-state index contributed by atoms with van der Waals surface area (Å²) in [6.07, 6.45) is 0. The van der Waals surface area contributed by atoms with E-state index in [1.165, 1.54) is 0 Å². The average Bonchev–Trinajstić information content (AvgIpc) is 2.48. The molecule has 1 aromatic carbocycles. The van der Waals surface area contributed by atoms with Crippen LogP contribution in [0.1, 0.15) is 26.3 Å². The van der Waals surface area contributed by atoms with Crippen molar-refractivity contribution in [3.63, 3.8) is 0 Å². The number of carbonyl (C=O) groups excluding carboxylic acids is 1. The third-order valence-electron chi connectivity index (χ3n) is 3.90. The fourth-order valence-electron chi connectivity index (χ4n) is 2.37. The number of nitrogens with zero attached hydrogens (tertiary/aromatic N) is 2. The molecular weight excluding hydrogens is 264 g/mol. The van der Waals surface area contributed by atoms with Gasteiger partial charge in [-0.15, -0.1) is 0 Å². The highest BCUT2D eigenvalue weighted by molar-refractivity contribution is 5.89. The lowest BCUT2D eigenvalue weighted by Crippen LogP contribution is -2.53. The number of anilines is 1. The zero-order chi connectivity index (χ0) is 15.5. The molecule has 5 heteroatoms. The number of amides is 2. The van der Waals surface area contributed by atoms with E-state index in [4.69, 9.17) is 5.26 Å². The molecule has 1 saturated heterocycles. The molecule has 2 rings (SSSR count). The average molecular weight is 286 g/mol. The van der Waals surface area contributed by atoms with E-state index in [0.29, 0.717) is 6.54 Å². The quantitative estimate of drug-likeness (QED) is 0.876. The number of hydrogen-bond acceptors (Lipinski definition) is 3. The molecule has 0 bridgehead atoms. The Hall–Kier alpha value is -2.06. The van der Waals surface area contributed by atoms with Crippen molar-refractivity contribution in [2.24, 2.45) is 0 Å². The van der Waals surface area contributed by atoms with Gasteiger partial charge in [-0.1, -0.05) is 12.1 Å². The van der Waals surface area contributed by atoms with E-state index in [2.05, 4.69) is 16.7 Å². The lowest BCUT2D eigenvalue weighted by atomic mass is 9.86. The van der Waals surface area contributed by atoms with Crippen molar-refractivity contribution in [1.29, 1.82) is 5.26 Å². The van der Waals surface area contributed by atoms with Gasteiger partial charge in [0.25, 0.3) is 0 Å². The standard InChI is InChI=1S/C16H22N4O/c1-12-10-18-8-9-20(12)15(21)19-14-6-4-13(5-7-14)16(2,3)11-17/h4-7,12,18H,8-10H2,1-3H3,(H,19,21). The maximum Gasteiger partial charge on any atom is 0.322 e. The minimum absolute atomic E-state index is 0.0729. The summed E-state index contributed by atoms with van der Waals surface area (Å²) >= 11 is 0. The summed E-state index contributed by atoms with van der Waals surface area (Å²) in [5.41, 5.74) is 1.18. The van der Waals surface area contributed by atoms with Crippen LogP contribution in [0.25, 0.3) is 0 Å². The predicted octanol–water partition coefficient (Wildman–Crippen LogP) is 2.31. The molecule has 0 saturated carbocycles. The van der Waals surface area contributed by atoms with E-state index < -0.39 is 5.41 Å². The Morgan fingerprint density at radius 3 is 2.67 bits per heavy atom. The van der Waals surface area contributed by atoms with Crippen LogP contribution >= 0.6 is 0 Å². The van der Waals surface area contributed by atoms with Crippen molar-refractivity contribution in [2.75, 3.05) is 25.0 Å². The first-order valence-corrected chi connectivity index (χ1v) is 7.24. The number of piperazine rings is 1. The lowest BCUT2D eigenvalue weighted by molar-refractivity contribution is 0.177. The van der Waals surface area contributed by atoms with Crippen LogP contribution in [0, 0.1) is 11.3 Å². The Kier molecular flexibility index (Phi) is 4.49. The number of carbonyl (C=O) groups is 1. The molecule has 2 amide bonds. The van der Waals surface area contributed by atoms with Gasteiger partial charge in [-0.05, 0) is 38.5 Å². The molecule has 1 fully saturated rings. The highest BCUT2D eigenvalue weighted by Crippen LogP contribution is 2.23. The molecule has 1 aliphatic heterocycles. The first-order chi connectivity index (χ1) is 9.94. The zero-order valence-electron chi connectivity index (χ0n) is 12.8. The summed E-state index contributed by atoms with van der Waals surface area (Å²) in [4.78, 5) is 14.1. The van der Waals surface area contributed by atoms with Gasteiger partial charge in [-0.25, -0.2) is 4.79 Å². The van der Waals surface area contributed by atoms with Crippen molar-refractivity contribution in [1.82, 2.24) is 10.2 Å². The molecule has 0 radical (unpaired) electrons. The van der Waals surface area contributed by atoms with Crippen LogP contribution in [0.3, 0.4) is 0 Å². The van der Waals surface area contributed by atoms with Crippen LogP contribution in [-0.2, 0) is 5.41 Å². The third-order valence-corrected chi connectivity index (χ3v) is 3.90. The number of nitriles is 1. The first-order valence-electron chi connectivity index (χ1n) is 7.24. The fourth-order valence-corrected chi connectivity index (χ4v) is 2.37. The molecule has 1 atom stereocenters. The van der Waals surface area contributed by atoms with Gasteiger partial charge in [0.2, 0.25) is 0 Å². The number of hydrogen-bond donors (Lipinski definition) is 2. The molecule has 5 nitrogen and oxygen atoms in total. The summed E-state index contributed by atoms with van der Waals surface area (Å²) in [6, 6.07) is 9.86. The van der Waals surface area contributed by atoms with Crippen molar-refractivity contribution in [2.45, 2.75) is 32.2 Å². The Balaban J connectivity index is 2.03. The number of rotatable bonds is 2. The van der Waals surface area contributed by atoms with Gasteiger partial charge in [0, 0.05) is 31.4 Å². The molecule has 1 aromatic rings. The molecule has 1 aliphatic rings. The van der Waals surface area contributed by atoms with Gasteiger partial charge in [-0.3, -0.25) is 0 Å². The summed E-state index contributed by atoms with van der Waals surface area (Å²) in [5, 5.41) is 15.3. The van der Waals surface area contributed by atoms with Gasteiger partial charge in [0.05, 0.1) is 11.5 Å². The highest BCUT2D eigenvalue weighted by atomic mass is 16.2. The molecule has 2 N–H and O–H groups in total. The largest absolute Gasteiger partial charge is 0.322 e. The van der Waals surface area contributed by atoms with Crippen LogP contribution in [0.5, 0.6) is 0 Å². The van der Waals surface area contributed by atoms with Crippen molar-refractivity contribution >= 4 is 11.7 Å². The van der Waals surface area contributed by atoms with Gasteiger partial charge < -0.3 is 15.5 Å². The summed E-state index contributed by atoms with van der Waals surface area (Å²) in [5.74, 6) is 0. The molecule has 0 spiro atoms. The smallest absolute Gasteiger partial charge is 0.319 e. The SMILES string of the molecule is CC1CNCCN1C(=O)Nc1ccc(C(C)(C)C#N)cc1. The topological polar surface area (TPSA) is 68.2 Å². The minimum atomic E-state index is -0.518. The lowest BCUT2D eigenvalue weighted by Gasteiger charge is -2.33. The molecule has 21 heavy (non-hydrogen) atoms. The third kappa shape index (κ3) is 3.53. The van der Waals surface area contributed by atoms with Crippen molar-refractivity contribution < 1.29 is 4.79 Å². The van der Waals surface area contributed by atoms with E-state index in [0.717, 1.165) is 24.3 Å². The summed E-state index contributed by atoms with van der Waals surface area (Å²) < 4.78 is 0. The Labute approximate surface area is 125 Å². The number of benzene rings is 1. The van der Waals surface area contributed by atoms with Crippen LogP contribution < -0.4 is 10.6 Å². The maximum absolute atomic E-state index is 12.3.